The van der Waals surface area contributed by atoms with Crippen LogP contribution in [0.1, 0.15) is 0 Å². The molecule has 0 aliphatic heterocycles. The molecule has 1 radical (unpaired) electrons. The minimum Gasteiger partial charge on any atom is -0.464 e. The molecular formula is C8H8NO. The monoisotopic (exact) mass is 134 g/mol. The molecule has 0 saturated heterocycles. The van der Waals surface area contributed by atoms with Gasteiger partial charge in [0.05, 0.1) is 12.5 Å². The van der Waals surface area contributed by atoms with Gasteiger partial charge in [0.25, 0.3) is 0 Å². The average Bonchev–Trinajstić information content (AvgIpc) is 2.03. The Bertz CT molecular complexity index is 206. The van der Waals surface area contributed by atoms with Crippen LogP contribution in [0.2, 0.25) is 0 Å². The molecule has 2 nitrogen and oxygen atoms in total. The van der Waals surface area contributed by atoms with Crippen molar-refractivity contribution in [1.82, 2.24) is 4.98 Å². The summed E-state index contributed by atoms with van der Waals surface area (Å²) in [7, 11) is 0. The Morgan fingerprint density at radius 1 is 1.60 bits per heavy atom. The number of hydrogen-bond acceptors (Lipinski definition) is 2. The van der Waals surface area contributed by atoms with Crippen molar-refractivity contribution in [3.05, 3.63) is 43.8 Å². The molecule has 2 heteroatoms. The molecule has 1 aromatic heterocycles. The third kappa shape index (κ3) is 1.90. The maximum Gasteiger partial charge on any atom is 0.144 e. The van der Waals surface area contributed by atoms with E-state index in [-0.39, 0.29) is 0 Å². The van der Waals surface area contributed by atoms with Gasteiger partial charge in [-0.15, -0.1) is 0 Å². The molecule has 0 aliphatic carbocycles. The van der Waals surface area contributed by atoms with Crippen LogP contribution in [0.5, 0.6) is 5.75 Å². The zero-order valence-corrected chi connectivity index (χ0v) is 5.53. The number of rotatable bonds is 2. The van der Waals surface area contributed by atoms with Crippen molar-refractivity contribution in [2.24, 2.45) is 0 Å². The Morgan fingerprint density at radius 3 is 3.10 bits per heavy atom. The SMILES string of the molecule is [CH2]C=COc1cccnc1. The standard InChI is InChI=1S/C8H8NO/c1-2-6-10-8-4-3-5-9-7-8/h2-7H,1H2. The molecule has 1 aromatic rings. The molecule has 0 unspecified atom stereocenters. The van der Waals surface area contributed by atoms with Crippen molar-refractivity contribution in [3.63, 3.8) is 0 Å². The quantitative estimate of drug-likeness (QED) is 0.575. The van der Waals surface area contributed by atoms with E-state index in [9.17, 15) is 0 Å². The van der Waals surface area contributed by atoms with Crippen LogP contribution in [0.25, 0.3) is 0 Å². The summed E-state index contributed by atoms with van der Waals surface area (Å²) in [5.41, 5.74) is 0. The molecule has 0 aromatic carbocycles. The Labute approximate surface area is 60.2 Å². The lowest BCUT2D eigenvalue weighted by molar-refractivity contribution is 0.479. The molecular weight excluding hydrogens is 126 g/mol. The zero-order chi connectivity index (χ0) is 7.23. The maximum absolute atomic E-state index is 5.05. The normalized spacial score (nSPS) is 10.1. The van der Waals surface area contributed by atoms with Crippen LogP contribution in [-0.4, -0.2) is 4.98 Å². The summed E-state index contributed by atoms with van der Waals surface area (Å²) in [5.74, 6) is 0.724. The molecule has 0 fully saturated rings. The highest BCUT2D eigenvalue weighted by Gasteiger charge is 1.84. The van der Waals surface area contributed by atoms with E-state index in [1.54, 1.807) is 18.5 Å². The lowest BCUT2D eigenvalue weighted by atomic mass is 10.5. The first-order valence-electron chi connectivity index (χ1n) is 2.94. The molecule has 10 heavy (non-hydrogen) atoms. The molecule has 51 valence electrons. The van der Waals surface area contributed by atoms with E-state index in [0.717, 1.165) is 5.75 Å². The first-order valence-corrected chi connectivity index (χ1v) is 2.94. The van der Waals surface area contributed by atoms with Gasteiger partial charge < -0.3 is 4.74 Å². The van der Waals surface area contributed by atoms with Crippen LogP contribution in [0.4, 0.5) is 0 Å². The number of allylic oxidation sites excluding steroid dienone is 1. The Balaban J connectivity index is 2.59. The lowest BCUT2D eigenvalue weighted by Gasteiger charge is -1.95. The third-order valence-corrected chi connectivity index (χ3v) is 0.935. The van der Waals surface area contributed by atoms with Crippen molar-refractivity contribution < 1.29 is 4.74 Å². The van der Waals surface area contributed by atoms with E-state index in [1.165, 1.54) is 6.26 Å². The summed E-state index contributed by atoms with van der Waals surface area (Å²) < 4.78 is 5.05. The molecule has 1 heterocycles. The molecule has 1 rings (SSSR count). The maximum atomic E-state index is 5.05. The van der Waals surface area contributed by atoms with Crippen molar-refractivity contribution in [1.29, 1.82) is 0 Å². The minimum absolute atomic E-state index is 0.724. The van der Waals surface area contributed by atoms with E-state index in [2.05, 4.69) is 11.9 Å². The molecule has 0 N–H and O–H groups in total. The van der Waals surface area contributed by atoms with Crippen LogP contribution in [0.3, 0.4) is 0 Å². The van der Waals surface area contributed by atoms with Gasteiger partial charge >= 0.3 is 0 Å². The molecule has 0 bridgehead atoms. The Hall–Kier alpha value is -1.31. The van der Waals surface area contributed by atoms with E-state index >= 15 is 0 Å². The van der Waals surface area contributed by atoms with Crippen LogP contribution < -0.4 is 4.74 Å². The van der Waals surface area contributed by atoms with Gasteiger partial charge in [-0.25, -0.2) is 0 Å². The summed E-state index contributed by atoms with van der Waals surface area (Å²) in [6.07, 6.45) is 6.42. The number of hydrogen-bond donors (Lipinski definition) is 0. The highest BCUT2D eigenvalue weighted by Crippen LogP contribution is 2.05. The predicted molar refractivity (Wildman–Crippen MR) is 39.4 cm³/mol. The molecule has 0 aliphatic rings. The van der Waals surface area contributed by atoms with Gasteiger partial charge in [-0.3, -0.25) is 4.98 Å². The number of ether oxygens (including phenoxy) is 1. The third-order valence-electron chi connectivity index (χ3n) is 0.935. The van der Waals surface area contributed by atoms with Gasteiger partial charge in [0, 0.05) is 6.20 Å². The van der Waals surface area contributed by atoms with E-state index in [0.29, 0.717) is 0 Å². The largest absolute Gasteiger partial charge is 0.464 e. The minimum atomic E-state index is 0.724. The summed E-state index contributed by atoms with van der Waals surface area (Å²) in [4.78, 5) is 3.86. The van der Waals surface area contributed by atoms with Crippen molar-refractivity contribution in [2.75, 3.05) is 0 Å². The van der Waals surface area contributed by atoms with E-state index in [4.69, 9.17) is 4.74 Å². The Morgan fingerprint density at radius 2 is 2.50 bits per heavy atom. The number of pyridine rings is 1. The van der Waals surface area contributed by atoms with Gasteiger partial charge in [0.1, 0.15) is 5.75 Å². The van der Waals surface area contributed by atoms with E-state index < -0.39 is 0 Å². The first kappa shape index (κ1) is 6.81. The smallest absolute Gasteiger partial charge is 0.144 e. The summed E-state index contributed by atoms with van der Waals surface area (Å²) in [6, 6.07) is 3.64. The second-order valence-electron chi connectivity index (χ2n) is 1.68. The van der Waals surface area contributed by atoms with Gasteiger partial charge in [-0.05, 0) is 25.1 Å². The second-order valence-corrected chi connectivity index (χ2v) is 1.68. The van der Waals surface area contributed by atoms with Gasteiger partial charge in [-0.1, -0.05) is 0 Å². The van der Waals surface area contributed by atoms with Gasteiger partial charge in [0.2, 0.25) is 0 Å². The van der Waals surface area contributed by atoms with Gasteiger partial charge in [0.15, 0.2) is 0 Å². The number of aromatic nitrogens is 1. The fraction of sp³-hybridized carbons (Fsp3) is 0. The highest BCUT2D eigenvalue weighted by molar-refractivity contribution is 5.16. The molecule has 0 atom stereocenters. The fourth-order valence-corrected chi connectivity index (χ4v) is 0.543. The molecule has 0 spiro atoms. The van der Waals surface area contributed by atoms with Crippen LogP contribution in [0, 0.1) is 6.92 Å². The zero-order valence-electron chi connectivity index (χ0n) is 5.53. The first-order chi connectivity index (χ1) is 4.93. The average molecular weight is 134 g/mol. The van der Waals surface area contributed by atoms with Crippen LogP contribution >= 0.6 is 0 Å². The molecule has 0 amide bonds. The fourth-order valence-electron chi connectivity index (χ4n) is 0.543. The summed E-state index contributed by atoms with van der Waals surface area (Å²) in [6.45, 7) is 3.47. The van der Waals surface area contributed by atoms with Crippen LogP contribution in [-0.2, 0) is 0 Å². The van der Waals surface area contributed by atoms with Crippen molar-refractivity contribution >= 4 is 0 Å². The van der Waals surface area contributed by atoms with Crippen molar-refractivity contribution in [2.45, 2.75) is 0 Å². The van der Waals surface area contributed by atoms with Crippen molar-refractivity contribution in [3.8, 4) is 5.75 Å². The molecule has 0 saturated carbocycles. The highest BCUT2D eigenvalue weighted by atomic mass is 16.5. The van der Waals surface area contributed by atoms with Crippen LogP contribution in [0.15, 0.2) is 36.9 Å². The predicted octanol–water partition coefficient (Wildman–Crippen LogP) is 1.81. The summed E-state index contributed by atoms with van der Waals surface area (Å²) >= 11 is 0. The second kappa shape index (κ2) is 3.67. The summed E-state index contributed by atoms with van der Waals surface area (Å²) in [5, 5.41) is 0. The number of nitrogens with zero attached hydrogens (tertiary/aromatic N) is 1. The lowest BCUT2D eigenvalue weighted by Crippen LogP contribution is -1.80. The Kier molecular flexibility index (Phi) is 2.49. The van der Waals surface area contributed by atoms with Gasteiger partial charge in [-0.2, -0.15) is 0 Å². The topological polar surface area (TPSA) is 22.1 Å². The van der Waals surface area contributed by atoms with E-state index in [1.807, 2.05) is 12.1 Å².